The monoisotopic (exact) mass is 172 g/mol. The normalized spacial score (nSPS) is 14.2. The first kappa shape index (κ1) is 11.9. The number of likely N-dealkylation sites (N-methyl/N-ethyl adjacent to an activating group) is 2. The van der Waals surface area contributed by atoms with E-state index in [0.717, 1.165) is 19.0 Å². The van der Waals surface area contributed by atoms with Crippen LogP contribution in [0, 0.1) is 5.92 Å². The highest BCUT2D eigenvalue weighted by atomic mass is 15.1. The molecule has 0 saturated carbocycles. The van der Waals surface area contributed by atoms with Gasteiger partial charge in [0.2, 0.25) is 0 Å². The molecule has 2 heteroatoms. The zero-order valence-corrected chi connectivity index (χ0v) is 9.22. The topological polar surface area (TPSA) is 15.3 Å². The van der Waals surface area contributed by atoms with E-state index >= 15 is 0 Å². The van der Waals surface area contributed by atoms with Crippen molar-refractivity contribution in [2.24, 2.45) is 5.92 Å². The predicted molar refractivity (Wildman–Crippen MR) is 55.5 cm³/mol. The van der Waals surface area contributed by atoms with Crippen molar-refractivity contribution in [3.05, 3.63) is 0 Å². The summed E-state index contributed by atoms with van der Waals surface area (Å²) in [6.07, 6.45) is 1.27. The van der Waals surface area contributed by atoms with E-state index in [4.69, 9.17) is 0 Å². The summed E-state index contributed by atoms with van der Waals surface area (Å²) in [6, 6.07) is 0.657. The molecule has 0 aliphatic carbocycles. The molecule has 0 aromatic carbocycles. The van der Waals surface area contributed by atoms with Gasteiger partial charge in [0.05, 0.1) is 0 Å². The van der Waals surface area contributed by atoms with Gasteiger partial charge in [-0.2, -0.15) is 0 Å². The molecule has 0 aromatic heterocycles. The Balaban J connectivity index is 3.69. The number of hydrogen-bond acceptors (Lipinski definition) is 2. The minimum Gasteiger partial charge on any atom is -0.313 e. The van der Waals surface area contributed by atoms with Gasteiger partial charge >= 0.3 is 0 Å². The van der Waals surface area contributed by atoms with E-state index in [0.29, 0.717) is 6.04 Å². The van der Waals surface area contributed by atoms with Crippen molar-refractivity contribution in [2.45, 2.75) is 33.2 Å². The number of hydrogen-bond donors (Lipinski definition) is 1. The third-order valence-corrected chi connectivity index (χ3v) is 1.83. The Morgan fingerprint density at radius 1 is 1.25 bits per heavy atom. The van der Waals surface area contributed by atoms with Gasteiger partial charge in [-0.05, 0) is 33.0 Å². The van der Waals surface area contributed by atoms with Gasteiger partial charge in [-0.1, -0.05) is 20.8 Å². The summed E-state index contributed by atoms with van der Waals surface area (Å²) in [5.41, 5.74) is 0. The molecular weight excluding hydrogens is 148 g/mol. The van der Waals surface area contributed by atoms with Crippen LogP contribution in [0.2, 0.25) is 0 Å². The van der Waals surface area contributed by atoms with Crippen LogP contribution < -0.4 is 5.32 Å². The maximum absolute atomic E-state index is 3.50. The lowest BCUT2D eigenvalue weighted by atomic mass is 10.0. The summed E-state index contributed by atoms with van der Waals surface area (Å²) < 4.78 is 0. The minimum atomic E-state index is 0.657. The van der Waals surface area contributed by atoms with E-state index in [1.807, 2.05) is 0 Å². The summed E-state index contributed by atoms with van der Waals surface area (Å²) in [7, 11) is 4.26. The third-order valence-electron chi connectivity index (χ3n) is 1.83. The summed E-state index contributed by atoms with van der Waals surface area (Å²) >= 11 is 0. The Morgan fingerprint density at radius 3 is 2.17 bits per heavy atom. The highest BCUT2D eigenvalue weighted by Crippen LogP contribution is 2.04. The summed E-state index contributed by atoms with van der Waals surface area (Å²) in [5.74, 6) is 0.786. The first-order valence-electron chi connectivity index (χ1n) is 4.94. The lowest BCUT2D eigenvalue weighted by Crippen LogP contribution is -2.39. The molecule has 74 valence electrons. The second-order valence-corrected chi connectivity index (χ2v) is 4.15. The molecule has 1 N–H and O–H groups in total. The zero-order chi connectivity index (χ0) is 9.56. The minimum absolute atomic E-state index is 0.657. The Bertz CT molecular complexity index is 90.0. The molecule has 1 atom stereocenters. The second kappa shape index (κ2) is 6.44. The van der Waals surface area contributed by atoms with Gasteiger partial charge < -0.3 is 10.2 Å². The lowest BCUT2D eigenvalue weighted by Gasteiger charge is -2.23. The smallest absolute Gasteiger partial charge is 0.0197 e. The molecule has 0 heterocycles. The number of nitrogens with zero attached hydrogens (tertiary/aromatic N) is 1. The molecule has 0 aliphatic rings. The van der Waals surface area contributed by atoms with Gasteiger partial charge in [0.1, 0.15) is 0 Å². The number of nitrogens with one attached hydrogen (secondary N) is 1. The van der Waals surface area contributed by atoms with Crippen molar-refractivity contribution in [1.82, 2.24) is 10.2 Å². The first-order chi connectivity index (χ1) is 5.56. The van der Waals surface area contributed by atoms with E-state index in [2.05, 4.69) is 45.1 Å². The zero-order valence-electron chi connectivity index (χ0n) is 9.22. The maximum atomic E-state index is 3.50. The molecule has 2 nitrogen and oxygen atoms in total. The van der Waals surface area contributed by atoms with Gasteiger partial charge in [-0.3, -0.25) is 0 Å². The van der Waals surface area contributed by atoms with Gasteiger partial charge in [-0.15, -0.1) is 0 Å². The van der Waals surface area contributed by atoms with Crippen LogP contribution in [0.4, 0.5) is 0 Å². The SMILES string of the molecule is CCNC(CC(C)C)CN(C)C. The van der Waals surface area contributed by atoms with E-state index in [1.54, 1.807) is 0 Å². The van der Waals surface area contributed by atoms with Gasteiger partial charge in [-0.25, -0.2) is 0 Å². The average molecular weight is 172 g/mol. The summed E-state index contributed by atoms with van der Waals surface area (Å²) in [5, 5.41) is 3.50. The van der Waals surface area contributed by atoms with Crippen LogP contribution in [0.25, 0.3) is 0 Å². The highest BCUT2D eigenvalue weighted by molar-refractivity contribution is 4.70. The molecule has 0 amide bonds. The Labute approximate surface area is 77.3 Å². The molecule has 0 aromatic rings. The molecule has 0 aliphatic heterocycles. The fourth-order valence-electron chi connectivity index (χ4n) is 1.52. The molecule has 0 rings (SSSR count). The first-order valence-corrected chi connectivity index (χ1v) is 4.94. The van der Waals surface area contributed by atoms with E-state index in [-0.39, 0.29) is 0 Å². The molecule has 1 unspecified atom stereocenters. The molecule has 0 fully saturated rings. The molecule has 0 bridgehead atoms. The second-order valence-electron chi connectivity index (χ2n) is 4.15. The van der Waals surface area contributed by atoms with Crippen molar-refractivity contribution in [1.29, 1.82) is 0 Å². The van der Waals surface area contributed by atoms with Crippen LogP contribution in [-0.4, -0.2) is 38.1 Å². The highest BCUT2D eigenvalue weighted by Gasteiger charge is 2.09. The van der Waals surface area contributed by atoms with Crippen LogP contribution in [0.3, 0.4) is 0 Å². The van der Waals surface area contributed by atoms with Gasteiger partial charge in [0, 0.05) is 12.6 Å². The van der Waals surface area contributed by atoms with Gasteiger partial charge in [0.15, 0.2) is 0 Å². The molecule has 0 spiro atoms. The van der Waals surface area contributed by atoms with E-state index < -0.39 is 0 Å². The number of rotatable bonds is 6. The third kappa shape index (κ3) is 6.62. The molecular formula is C10H24N2. The van der Waals surface area contributed by atoms with Crippen LogP contribution in [0.15, 0.2) is 0 Å². The average Bonchev–Trinajstić information content (AvgIpc) is 1.84. The van der Waals surface area contributed by atoms with Crippen molar-refractivity contribution < 1.29 is 0 Å². The molecule has 0 radical (unpaired) electrons. The fraction of sp³-hybridized carbons (Fsp3) is 1.00. The summed E-state index contributed by atoms with van der Waals surface area (Å²) in [4.78, 5) is 2.25. The van der Waals surface area contributed by atoms with Gasteiger partial charge in [0.25, 0.3) is 0 Å². The largest absolute Gasteiger partial charge is 0.313 e. The Kier molecular flexibility index (Phi) is 6.39. The van der Waals surface area contributed by atoms with Crippen LogP contribution >= 0.6 is 0 Å². The molecule has 12 heavy (non-hydrogen) atoms. The van der Waals surface area contributed by atoms with E-state index in [9.17, 15) is 0 Å². The summed E-state index contributed by atoms with van der Waals surface area (Å²) in [6.45, 7) is 8.94. The van der Waals surface area contributed by atoms with Crippen LogP contribution in [0.5, 0.6) is 0 Å². The quantitative estimate of drug-likeness (QED) is 0.654. The standard InChI is InChI=1S/C10H24N2/c1-6-11-10(7-9(2)3)8-12(4)5/h9-11H,6-8H2,1-5H3. The Morgan fingerprint density at radius 2 is 1.83 bits per heavy atom. The Hall–Kier alpha value is -0.0800. The predicted octanol–water partition coefficient (Wildman–Crippen LogP) is 1.57. The fourth-order valence-corrected chi connectivity index (χ4v) is 1.52. The molecule has 0 saturated heterocycles. The van der Waals surface area contributed by atoms with Crippen molar-refractivity contribution in [3.63, 3.8) is 0 Å². The van der Waals surface area contributed by atoms with Crippen molar-refractivity contribution in [2.75, 3.05) is 27.2 Å². The van der Waals surface area contributed by atoms with Crippen LogP contribution in [0.1, 0.15) is 27.2 Å². The lowest BCUT2D eigenvalue weighted by molar-refractivity contribution is 0.309. The van der Waals surface area contributed by atoms with Crippen LogP contribution in [-0.2, 0) is 0 Å². The van der Waals surface area contributed by atoms with Crippen molar-refractivity contribution >= 4 is 0 Å². The van der Waals surface area contributed by atoms with E-state index in [1.165, 1.54) is 6.42 Å². The maximum Gasteiger partial charge on any atom is 0.0197 e. The van der Waals surface area contributed by atoms with Crippen molar-refractivity contribution in [3.8, 4) is 0 Å².